The summed E-state index contributed by atoms with van der Waals surface area (Å²) in [5, 5.41) is 36.2. The molecule has 1 aromatic carbocycles. The highest BCUT2D eigenvalue weighted by atomic mass is 19.1. The van der Waals surface area contributed by atoms with Crippen molar-refractivity contribution in [1.29, 1.82) is 5.26 Å². The maximum absolute atomic E-state index is 13.2. The van der Waals surface area contributed by atoms with Gasteiger partial charge in [-0.1, -0.05) is 6.42 Å². The number of aliphatic hydroxyl groups is 1. The first-order valence-corrected chi connectivity index (χ1v) is 9.41. The molecule has 1 unspecified atom stereocenters. The molecular formula is C21H24FN3O3. The number of β-amino-alcohol motifs (C(OH)–C–C–N with tert-alkyl or cyclic N) is 1. The summed E-state index contributed by atoms with van der Waals surface area (Å²) in [4.78, 5) is 5.84. The highest BCUT2D eigenvalue weighted by molar-refractivity contribution is 5.33. The summed E-state index contributed by atoms with van der Waals surface area (Å²) in [5.74, 6) is 0.337. The predicted molar refractivity (Wildman–Crippen MR) is 101 cm³/mol. The molecule has 1 aliphatic carbocycles. The third-order valence-electron chi connectivity index (χ3n) is 5.42. The normalized spacial score (nSPS) is 22.0. The molecule has 1 saturated heterocycles. The minimum Gasteiger partial charge on any atom is -0.508 e. The number of phenolic OH excluding ortho intramolecular Hbond substituents is 1. The fourth-order valence-electron chi connectivity index (χ4n) is 3.98. The third kappa shape index (κ3) is 4.97. The highest BCUT2D eigenvalue weighted by Gasteiger charge is 2.36. The lowest BCUT2D eigenvalue weighted by Crippen LogP contribution is -2.27. The number of aromatic nitrogens is 1. The molecule has 2 aromatic rings. The molecule has 0 bridgehead atoms. The van der Waals surface area contributed by atoms with Crippen LogP contribution in [-0.2, 0) is 0 Å². The predicted octanol–water partition coefficient (Wildman–Crippen LogP) is 2.96. The number of nitrogens with zero attached hydrogens (tertiary/aromatic N) is 3. The van der Waals surface area contributed by atoms with Crippen LogP contribution in [-0.4, -0.2) is 44.8 Å². The van der Waals surface area contributed by atoms with Crippen molar-refractivity contribution in [3.63, 3.8) is 0 Å². The lowest BCUT2D eigenvalue weighted by molar-refractivity contribution is 0.117. The van der Waals surface area contributed by atoms with Crippen molar-refractivity contribution in [2.24, 2.45) is 11.8 Å². The average molecular weight is 385 g/mol. The molecule has 4 rings (SSSR count). The molecule has 0 radical (unpaired) electrons. The second kappa shape index (κ2) is 9.00. The van der Waals surface area contributed by atoms with E-state index in [2.05, 4.69) is 9.88 Å². The molecule has 0 spiro atoms. The number of likely N-dealkylation sites (tertiary alicyclic amines) is 1. The van der Waals surface area contributed by atoms with E-state index < -0.39 is 17.8 Å². The quantitative estimate of drug-likeness (QED) is 0.703. The van der Waals surface area contributed by atoms with Gasteiger partial charge in [-0.25, -0.2) is 4.98 Å². The van der Waals surface area contributed by atoms with E-state index in [0.717, 1.165) is 24.9 Å². The van der Waals surface area contributed by atoms with E-state index in [9.17, 15) is 9.50 Å². The topological polar surface area (TPSA) is 101 Å². The van der Waals surface area contributed by atoms with Crippen LogP contribution in [0.2, 0.25) is 0 Å². The van der Waals surface area contributed by atoms with Gasteiger partial charge in [0.25, 0.3) is 5.95 Å². The van der Waals surface area contributed by atoms with Gasteiger partial charge in [0.05, 0.1) is 17.3 Å². The van der Waals surface area contributed by atoms with Gasteiger partial charge >= 0.3 is 0 Å². The second-order valence-electron chi connectivity index (χ2n) is 7.39. The number of hydrogen-bond donors (Lipinski definition) is 3. The number of phenols is 1. The smallest absolute Gasteiger partial charge is 0.255 e. The largest absolute Gasteiger partial charge is 0.508 e. The number of hydrogen-bond acceptors (Lipinski definition) is 6. The summed E-state index contributed by atoms with van der Waals surface area (Å²) < 4.78 is 13.2. The van der Waals surface area contributed by atoms with E-state index >= 15 is 0 Å². The fourth-order valence-corrected chi connectivity index (χ4v) is 3.98. The van der Waals surface area contributed by atoms with Crippen molar-refractivity contribution >= 4 is 0 Å². The first kappa shape index (κ1) is 20.1. The van der Waals surface area contributed by atoms with E-state index in [1.807, 2.05) is 6.07 Å². The molecule has 1 aliphatic heterocycles. The van der Waals surface area contributed by atoms with Gasteiger partial charge in [-0.2, -0.15) is 9.65 Å². The number of nitriles is 1. The van der Waals surface area contributed by atoms with E-state index in [1.165, 1.54) is 43.5 Å². The molecule has 3 atom stereocenters. The standard InChI is InChI=1S/C14H19FN2O2.C7H5NO/c15-14-12(18)5-4-11(16-14)13(19)8-17-6-9-2-1-3-10(9)7-17;8-5-6-1-3-7(9)4-2-6/h4-5,9-10,13,18-19H,1-3,6-8H2;1-4,9H/t9-,10+,13?;. The molecule has 2 aliphatic rings. The minimum absolute atomic E-state index is 0.189. The molecule has 2 heterocycles. The Bertz CT molecular complexity index is 826. The van der Waals surface area contributed by atoms with Crippen LogP contribution < -0.4 is 0 Å². The van der Waals surface area contributed by atoms with Crippen LogP contribution >= 0.6 is 0 Å². The van der Waals surface area contributed by atoms with Crippen LogP contribution in [0.4, 0.5) is 4.39 Å². The zero-order valence-corrected chi connectivity index (χ0v) is 15.5. The summed E-state index contributed by atoms with van der Waals surface area (Å²) in [6, 6.07) is 10.7. The average Bonchev–Trinajstić information content (AvgIpc) is 3.27. The molecule has 148 valence electrons. The number of benzene rings is 1. The van der Waals surface area contributed by atoms with Crippen molar-refractivity contribution in [2.75, 3.05) is 19.6 Å². The van der Waals surface area contributed by atoms with Crippen molar-refractivity contribution < 1.29 is 19.7 Å². The molecule has 2 fully saturated rings. The number of aromatic hydroxyl groups is 2. The maximum atomic E-state index is 13.2. The lowest BCUT2D eigenvalue weighted by atomic mass is 10.0. The number of pyridine rings is 1. The molecular weight excluding hydrogens is 361 g/mol. The van der Waals surface area contributed by atoms with Gasteiger partial charge in [0.15, 0.2) is 5.75 Å². The number of fused-ring (bicyclic) bond motifs is 1. The van der Waals surface area contributed by atoms with E-state index in [1.54, 1.807) is 12.1 Å². The van der Waals surface area contributed by atoms with Crippen LogP contribution in [0.25, 0.3) is 0 Å². The van der Waals surface area contributed by atoms with E-state index in [0.29, 0.717) is 12.1 Å². The van der Waals surface area contributed by atoms with E-state index in [-0.39, 0.29) is 11.4 Å². The summed E-state index contributed by atoms with van der Waals surface area (Å²) in [6.07, 6.45) is 3.12. The van der Waals surface area contributed by atoms with Gasteiger partial charge in [0.2, 0.25) is 0 Å². The van der Waals surface area contributed by atoms with Crippen molar-refractivity contribution in [1.82, 2.24) is 9.88 Å². The van der Waals surface area contributed by atoms with Crippen molar-refractivity contribution in [3.05, 3.63) is 53.6 Å². The zero-order valence-electron chi connectivity index (χ0n) is 15.5. The minimum atomic E-state index is -0.921. The van der Waals surface area contributed by atoms with Gasteiger partial charge < -0.3 is 15.3 Å². The molecule has 28 heavy (non-hydrogen) atoms. The maximum Gasteiger partial charge on any atom is 0.255 e. The summed E-state index contributed by atoms with van der Waals surface area (Å²) in [5.41, 5.74) is 0.847. The van der Waals surface area contributed by atoms with Gasteiger partial charge in [-0.3, -0.25) is 4.90 Å². The highest BCUT2D eigenvalue weighted by Crippen LogP contribution is 2.38. The van der Waals surface area contributed by atoms with E-state index in [4.69, 9.17) is 15.5 Å². The van der Waals surface area contributed by atoms with Crippen LogP contribution in [0.5, 0.6) is 11.5 Å². The molecule has 1 saturated carbocycles. The number of aliphatic hydroxyl groups excluding tert-OH is 1. The first-order valence-electron chi connectivity index (χ1n) is 9.41. The van der Waals surface area contributed by atoms with Crippen LogP contribution in [0, 0.1) is 29.1 Å². The number of rotatable bonds is 3. The molecule has 6 nitrogen and oxygen atoms in total. The third-order valence-corrected chi connectivity index (χ3v) is 5.42. The Morgan fingerprint density at radius 3 is 2.32 bits per heavy atom. The Kier molecular flexibility index (Phi) is 6.45. The van der Waals surface area contributed by atoms with Crippen LogP contribution in [0.3, 0.4) is 0 Å². The Balaban J connectivity index is 0.000000211. The SMILES string of the molecule is N#Cc1ccc(O)cc1.Oc1ccc(C(O)CN2C[C@H]3CCC[C@H]3C2)nc1F. The Morgan fingerprint density at radius 1 is 1.11 bits per heavy atom. The van der Waals surface area contributed by atoms with Gasteiger partial charge in [0, 0.05) is 19.6 Å². The molecule has 1 aromatic heterocycles. The summed E-state index contributed by atoms with van der Waals surface area (Å²) in [6.45, 7) is 2.55. The Labute approximate surface area is 163 Å². The summed E-state index contributed by atoms with van der Waals surface area (Å²) >= 11 is 0. The van der Waals surface area contributed by atoms with Crippen molar-refractivity contribution in [2.45, 2.75) is 25.4 Å². The van der Waals surface area contributed by atoms with Gasteiger partial charge in [0.1, 0.15) is 11.9 Å². The first-order chi connectivity index (χ1) is 13.5. The fraction of sp³-hybridized carbons (Fsp3) is 0.429. The lowest BCUT2D eigenvalue weighted by Gasteiger charge is -2.20. The number of halogens is 1. The molecule has 3 N–H and O–H groups in total. The Morgan fingerprint density at radius 2 is 1.75 bits per heavy atom. The Hall–Kier alpha value is -2.69. The monoisotopic (exact) mass is 385 g/mol. The zero-order chi connectivity index (χ0) is 20.1. The van der Waals surface area contributed by atoms with Crippen molar-refractivity contribution in [3.8, 4) is 17.6 Å². The van der Waals surface area contributed by atoms with Crippen LogP contribution in [0.15, 0.2) is 36.4 Å². The van der Waals surface area contributed by atoms with Crippen LogP contribution in [0.1, 0.15) is 36.6 Å². The molecule has 0 amide bonds. The summed E-state index contributed by atoms with van der Waals surface area (Å²) in [7, 11) is 0. The second-order valence-corrected chi connectivity index (χ2v) is 7.39. The molecule has 7 heteroatoms. The van der Waals surface area contributed by atoms with Gasteiger partial charge in [-0.15, -0.1) is 0 Å². The van der Waals surface area contributed by atoms with Gasteiger partial charge in [-0.05, 0) is 61.1 Å².